The highest BCUT2D eigenvalue weighted by Crippen LogP contribution is 2.41. The summed E-state index contributed by atoms with van der Waals surface area (Å²) in [5, 5.41) is 6.95. The second kappa shape index (κ2) is 4.37. The van der Waals surface area contributed by atoms with Crippen molar-refractivity contribution in [2.75, 3.05) is 5.32 Å². The van der Waals surface area contributed by atoms with Gasteiger partial charge in [-0.1, -0.05) is 12.1 Å². The summed E-state index contributed by atoms with van der Waals surface area (Å²) in [5.74, 6) is -1.02. The van der Waals surface area contributed by atoms with E-state index in [0.717, 1.165) is 5.56 Å². The molecular formula is C16H11F2N3O. The number of carbonyl (C=O) groups excluding carboxylic acids is 1. The Balaban J connectivity index is 1.73. The number of rotatable bonds is 1. The van der Waals surface area contributed by atoms with E-state index in [2.05, 4.69) is 15.8 Å². The van der Waals surface area contributed by atoms with E-state index in [0.29, 0.717) is 17.0 Å². The summed E-state index contributed by atoms with van der Waals surface area (Å²) < 4.78 is 26.6. The van der Waals surface area contributed by atoms with Gasteiger partial charge in [-0.2, -0.15) is 5.10 Å². The average molecular weight is 299 g/mol. The van der Waals surface area contributed by atoms with Gasteiger partial charge < -0.3 is 5.32 Å². The molecule has 4 nitrogen and oxygen atoms in total. The first-order valence-electron chi connectivity index (χ1n) is 6.80. The van der Waals surface area contributed by atoms with Gasteiger partial charge in [0.1, 0.15) is 11.6 Å². The number of nitrogens with zero attached hydrogens (tertiary/aromatic N) is 1. The normalized spacial score (nSPS) is 22.3. The summed E-state index contributed by atoms with van der Waals surface area (Å²) in [5.41, 5.74) is 4.22. The highest BCUT2D eigenvalue weighted by molar-refractivity contribution is 6.13. The largest absolute Gasteiger partial charge is 0.323 e. The minimum absolute atomic E-state index is 0.269. The summed E-state index contributed by atoms with van der Waals surface area (Å²) in [6.45, 7) is 0. The molecule has 1 atom stereocenters. The molecule has 2 heterocycles. The SMILES string of the molecule is O=C1Nc2ccc(F)cc2C12CC(c1ccc(F)cc1)=NN2. The van der Waals surface area contributed by atoms with Crippen LogP contribution >= 0.6 is 0 Å². The third-order valence-corrected chi connectivity index (χ3v) is 4.07. The van der Waals surface area contributed by atoms with E-state index in [4.69, 9.17) is 0 Å². The van der Waals surface area contributed by atoms with Gasteiger partial charge in [0.05, 0.1) is 5.71 Å². The lowest BCUT2D eigenvalue weighted by molar-refractivity contribution is -0.121. The van der Waals surface area contributed by atoms with Crippen molar-refractivity contribution < 1.29 is 13.6 Å². The number of hydrazone groups is 1. The van der Waals surface area contributed by atoms with Crippen molar-refractivity contribution in [3.8, 4) is 0 Å². The molecule has 110 valence electrons. The maximum absolute atomic E-state index is 13.5. The van der Waals surface area contributed by atoms with E-state index in [9.17, 15) is 13.6 Å². The van der Waals surface area contributed by atoms with Crippen LogP contribution in [0.25, 0.3) is 0 Å². The number of halogens is 2. The van der Waals surface area contributed by atoms with Crippen LogP contribution < -0.4 is 10.7 Å². The maximum Gasteiger partial charge on any atom is 0.256 e. The Morgan fingerprint density at radius 3 is 2.55 bits per heavy atom. The zero-order chi connectivity index (χ0) is 15.3. The highest BCUT2D eigenvalue weighted by atomic mass is 19.1. The van der Waals surface area contributed by atoms with Crippen molar-refractivity contribution in [3.05, 3.63) is 65.2 Å². The molecule has 0 radical (unpaired) electrons. The Bertz CT molecular complexity index is 817. The fourth-order valence-electron chi connectivity index (χ4n) is 2.92. The van der Waals surface area contributed by atoms with Crippen LogP contribution in [0.5, 0.6) is 0 Å². The Labute approximate surface area is 124 Å². The van der Waals surface area contributed by atoms with E-state index in [1.807, 2.05) is 0 Å². The smallest absolute Gasteiger partial charge is 0.256 e. The molecule has 0 bridgehead atoms. The monoisotopic (exact) mass is 299 g/mol. The predicted octanol–water partition coefficient (Wildman–Crippen LogP) is 2.51. The molecule has 2 aromatic rings. The number of nitrogens with one attached hydrogen (secondary N) is 2. The lowest BCUT2D eigenvalue weighted by Gasteiger charge is -2.20. The molecule has 2 aromatic carbocycles. The van der Waals surface area contributed by atoms with Gasteiger partial charge in [-0.25, -0.2) is 8.78 Å². The zero-order valence-electron chi connectivity index (χ0n) is 11.4. The maximum atomic E-state index is 13.5. The van der Waals surface area contributed by atoms with Crippen molar-refractivity contribution in [3.63, 3.8) is 0 Å². The van der Waals surface area contributed by atoms with Gasteiger partial charge >= 0.3 is 0 Å². The fraction of sp³-hybridized carbons (Fsp3) is 0.125. The Morgan fingerprint density at radius 1 is 1.05 bits per heavy atom. The number of benzene rings is 2. The third kappa shape index (κ3) is 1.73. The Hall–Kier alpha value is -2.76. The van der Waals surface area contributed by atoms with Gasteiger partial charge in [0.25, 0.3) is 5.91 Å². The Kier molecular flexibility index (Phi) is 2.57. The zero-order valence-corrected chi connectivity index (χ0v) is 11.4. The van der Waals surface area contributed by atoms with Gasteiger partial charge in [-0.15, -0.1) is 0 Å². The van der Waals surface area contributed by atoms with Crippen LogP contribution in [-0.4, -0.2) is 11.6 Å². The van der Waals surface area contributed by atoms with Crippen molar-refractivity contribution in [2.24, 2.45) is 5.10 Å². The lowest BCUT2D eigenvalue weighted by Crippen LogP contribution is -2.42. The molecule has 4 rings (SSSR count). The molecule has 0 fully saturated rings. The summed E-state index contributed by atoms with van der Waals surface area (Å²) in [6, 6.07) is 10.1. The van der Waals surface area contributed by atoms with E-state index < -0.39 is 11.4 Å². The van der Waals surface area contributed by atoms with Gasteiger partial charge in [0.2, 0.25) is 0 Å². The number of amides is 1. The molecule has 2 N–H and O–H groups in total. The van der Waals surface area contributed by atoms with Crippen LogP contribution in [0.2, 0.25) is 0 Å². The van der Waals surface area contributed by atoms with E-state index in [1.165, 1.54) is 30.3 Å². The molecule has 0 aliphatic carbocycles. The van der Waals surface area contributed by atoms with Crippen LogP contribution in [0.3, 0.4) is 0 Å². The molecule has 6 heteroatoms. The van der Waals surface area contributed by atoms with Crippen molar-refractivity contribution >= 4 is 17.3 Å². The minimum atomic E-state index is -1.10. The lowest BCUT2D eigenvalue weighted by atomic mass is 9.86. The molecule has 2 aliphatic heterocycles. The molecule has 0 saturated carbocycles. The van der Waals surface area contributed by atoms with E-state index in [1.54, 1.807) is 12.1 Å². The van der Waals surface area contributed by atoms with Gasteiger partial charge in [-0.3, -0.25) is 10.2 Å². The van der Waals surface area contributed by atoms with Crippen LogP contribution in [0.15, 0.2) is 47.6 Å². The van der Waals surface area contributed by atoms with Crippen molar-refractivity contribution in [2.45, 2.75) is 12.0 Å². The molecule has 1 spiro atoms. The number of hydrogen-bond donors (Lipinski definition) is 2. The molecule has 22 heavy (non-hydrogen) atoms. The summed E-state index contributed by atoms with van der Waals surface area (Å²) in [7, 11) is 0. The summed E-state index contributed by atoms with van der Waals surface area (Å²) in [4.78, 5) is 12.4. The summed E-state index contributed by atoms with van der Waals surface area (Å²) in [6.07, 6.45) is 0.279. The number of carbonyl (C=O) groups is 1. The third-order valence-electron chi connectivity index (χ3n) is 4.07. The number of fused-ring (bicyclic) bond motifs is 2. The molecule has 1 unspecified atom stereocenters. The second-order valence-electron chi connectivity index (χ2n) is 5.40. The number of anilines is 1. The molecule has 1 amide bonds. The fourth-order valence-corrected chi connectivity index (χ4v) is 2.92. The first-order chi connectivity index (χ1) is 10.6. The highest BCUT2D eigenvalue weighted by Gasteiger charge is 2.50. The van der Waals surface area contributed by atoms with Crippen molar-refractivity contribution in [1.82, 2.24) is 5.43 Å². The van der Waals surface area contributed by atoms with Gasteiger partial charge in [-0.05, 0) is 35.9 Å². The van der Waals surface area contributed by atoms with Crippen LogP contribution in [0.4, 0.5) is 14.5 Å². The van der Waals surface area contributed by atoms with Gasteiger partial charge in [0.15, 0.2) is 5.54 Å². The standard InChI is InChI=1S/C16H11F2N3O/c17-10-3-1-9(2-4-10)14-8-16(21-20-14)12-7-11(18)5-6-13(12)19-15(16)22/h1-7,21H,8H2,(H,19,22). The number of hydrogen-bond acceptors (Lipinski definition) is 3. The van der Waals surface area contributed by atoms with Gasteiger partial charge in [0, 0.05) is 17.7 Å². The Morgan fingerprint density at radius 2 is 1.77 bits per heavy atom. The van der Waals surface area contributed by atoms with Crippen molar-refractivity contribution in [1.29, 1.82) is 0 Å². The van der Waals surface area contributed by atoms with E-state index >= 15 is 0 Å². The topological polar surface area (TPSA) is 53.5 Å². The molecule has 0 aromatic heterocycles. The van der Waals surface area contributed by atoms with Crippen LogP contribution in [-0.2, 0) is 10.3 Å². The predicted molar refractivity (Wildman–Crippen MR) is 77.4 cm³/mol. The molecule has 0 saturated heterocycles. The molecular weight excluding hydrogens is 288 g/mol. The molecule has 2 aliphatic rings. The quantitative estimate of drug-likeness (QED) is 0.850. The van der Waals surface area contributed by atoms with Crippen LogP contribution in [0.1, 0.15) is 17.5 Å². The first-order valence-corrected chi connectivity index (χ1v) is 6.80. The minimum Gasteiger partial charge on any atom is -0.323 e. The first kappa shape index (κ1) is 12.9. The van der Waals surface area contributed by atoms with E-state index in [-0.39, 0.29) is 18.1 Å². The average Bonchev–Trinajstić information content (AvgIpc) is 3.06. The van der Waals surface area contributed by atoms with Crippen LogP contribution in [0, 0.1) is 11.6 Å². The summed E-state index contributed by atoms with van der Waals surface area (Å²) >= 11 is 0. The second-order valence-corrected chi connectivity index (χ2v) is 5.40.